The number of hydrogen-bond acceptors (Lipinski definition) is 2. The van der Waals surface area contributed by atoms with Crippen LogP contribution in [0.1, 0.15) is 12.8 Å². The predicted octanol–water partition coefficient (Wildman–Crippen LogP) is 0.385. The molecule has 2 rings (SSSR count). The molecule has 0 aromatic heterocycles. The van der Waals surface area contributed by atoms with Crippen LogP contribution in [0.25, 0.3) is 0 Å². The van der Waals surface area contributed by atoms with Crippen molar-refractivity contribution in [3.63, 3.8) is 0 Å². The van der Waals surface area contributed by atoms with E-state index in [-0.39, 0.29) is 0 Å². The van der Waals surface area contributed by atoms with Crippen LogP contribution in [0.15, 0.2) is 0 Å². The summed E-state index contributed by atoms with van der Waals surface area (Å²) in [5.74, 6) is 0.914. The second-order valence-corrected chi connectivity index (χ2v) is 3.04. The van der Waals surface area contributed by atoms with Gasteiger partial charge < -0.3 is 10.1 Å². The molecule has 2 heterocycles. The van der Waals surface area contributed by atoms with E-state index in [9.17, 15) is 0 Å². The number of piperidine rings is 1. The van der Waals surface area contributed by atoms with Crippen molar-refractivity contribution < 1.29 is 4.74 Å². The summed E-state index contributed by atoms with van der Waals surface area (Å²) in [6.45, 7) is 3.30. The third kappa shape index (κ3) is 1.10. The monoisotopic (exact) mass is 127 g/mol. The molecule has 52 valence electrons. The van der Waals surface area contributed by atoms with Gasteiger partial charge in [0.15, 0.2) is 0 Å². The van der Waals surface area contributed by atoms with E-state index in [1.165, 1.54) is 19.4 Å². The molecule has 0 amide bonds. The van der Waals surface area contributed by atoms with Crippen LogP contribution in [0.2, 0.25) is 0 Å². The van der Waals surface area contributed by atoms with Crippen molar-refractivity contribution in [2.24, 2.45) is 5.92 Å². The number of ether oxygens (including phenoxy) is 1. The lowest BCUT2D eigenvalue weighted by Crippen LogP contribution is -2.44. The zero-order valence-electron chi connectivity index (χ0n) is 5.60. The summed E-state index contributed by atoms with van der Waals surface area (Å²) in [6, 6.07) is 0. The van der Waals surface area contributed by atoms with E-state index in [2.05, 4.69) is 5.32 Å². The molecule has 0 spiro atoms. The van der Waals surface area contributed by atoms with Gasteiger partial charge in [-0.1, -0.05) is 0 Å². The lowest BCUT2D eigenvalue weighted by molar-refractivity contribution is -0.0250. The normalized spacial score (nSPS) is 42.7. The van der Waals surface area contributed by atoms with E-state index >= 15 is 0 Å². The number of rotatable bonds is 0. The van der Waals surface area contributed by atoms with Crippen molar-refractivity contribution in [2.75, 3.05) is 19.7 Å². The lowest BCUT2D eigenvalue weighted by Gasteiger charge is -2.34. The first-order valence-electron chi connectivity index (χ1n) is 3.77. The molecule has 2 bridgehead atoms. The van der Waals surface area contributed by atoms with Crippen molar-refractivity contribution in [1.29, 1.82) is 0 Å². The molecule has 0 radical (unpaired) electrons. The molecule has 0 aromatic carbocycles. The second kappa shape index (κ2) is 2.27. The van der Waals surface area contributed by atoms with Crippen molar-refractivity contribution in [1.82, 2.24) is 5.32 Å². The molecule has 2 aliphatic rings. The smallest absolute Gasteiger partial charge is 0.0702 e. The van der Waals surface area contributed by atoms with E-state index < -0.39 is 0 Å². The molecule has 0 unspecified atom stereocenters. The van der Waals surface area contributed by atoms with Gasteiger partial charge in [-0.25, -0.2) is 0 Å². The minimum absolute atomic E-state index is 0.539. The molecule has 2 saturated heterocycles. The first-order valence-corrected chi connectivity index (χ1v) is 3.77. The molecule has 2 nitrogen and oxygen atoms in total. The van der Waals surface area contributed by atoms with Gasteiger partial charge in [0.05, 0.1) is 6.10 Å². The Balaban J connectivity index is 1.96. The van der Waals surface area contributed by atoms with Crippen molar-refractivity contribution in [3.8, 4) is 0 Å². The summed E-state index contributed by atoms with van der Waals surface area (Å²) < 4.78 is 5.49. The van der Waals surface area contributed by atoms with Gasteiger partial charge in [-0.05, 0) is 25.3 Å². The van der Waals surface area contributed by atoms with Crippen LogP contribution in [0, 0.1) is 5.92 Å². The van der Waals surface area contributed by atoms with Gasteiger partial charge in [-0.15, -0.1) is 0 Å². The summed E-state index contributed by atoms with van der Waals surface area (Å²) in [7, 11) is 0. The highest BCUT2D eigenvalue weighted by Crippen LogP contribution is 2.21. The van der Waals surface area contributed by atoms with Gasteiger partial charge in [-0.3, -0.25) is 0 Å². The zero-order valence-corrected chi connectivity index (χ0v) is 5.60. The Bertz CT molecular complexity index is 85.1. The number of hydrogen-bond donors (Lipinski definition) is 1. The first kappa shape index (κ1) is 5.69. The van der Waals surface area contributed by atoms with Gasteiger partial charge in [0.1, 0.15) is 0 Å². The molecule has 2 heteroatoms. The molecule has 0 aromatic rings. The van der Waals surface area contributed by atoms with E-state index in [1.54, 1.807) is 0 Å². The third-order valence-corrected chi connectivity index (χ3v) is 2.28. The van der Waals surface area contributed by atoms with Gasteiger partial charge in [-0.2, -0.15) is 0 Å². The maximum atomic E-state index is 5.49. The van der Waals surface area contributed by atoms with Crippen LogP contribution in [0.4, 0.5) is 0 Å². The van der Waals surface area contributed by atoms with E-state index in [0.717, 1.165) is 19.1 Å². The highest BCUT2D eigenvalue weighted by atomic mass is 16.5. The molecule has 9 heavy (non-hydrogen) atoms. The average molecular weight is 127 g/mol. The van der Waals surface area contributed by atoms with Crippen LogP contribution in [-0.4, -0.2) is 25.8 Å². The van der Waals surface area contributed by atoms with Crippen LogP contribution in [0.3, 0.4) is 0 Å². The summed E-state index contributed by atoms with van der Waals surface area (Å²) in [5.41, 5.74) is 0. The molecular formula is C7H13NO. The average Bonchev–Trinajstić information content (AvgIpc) is 1.88. The maximum absolute atomic E-state index is 5.49. The predicted molar refractivity (Wildman–Crippen MR) is 35.3 cm³/mol. The quantitative estimate of drug-likeness (QED) is 0.508. The summed E-state index contributed by atoms with van der Waals surface area (Å²) in [5, 5.41) is 3.36. The molecule has 0 saturated carbocycles. The molecule has 0 aliphatic carbocycles. The Kier molecular flexibility index (Phi) is 1.44. The van der Waals surface area contributed by atoms with Crippen LogP contribution in [0.5, 0.6) is 0 Å². The summed E-state index contributed by atoms with van der Waals surface area (Å²) in [6.07, 6.45) is 3.11. The van der Waals surface area contributed by atoms with Gasteiger partial charge in [0.2, 0.25) is 0 Å². The fourth-order valence-electron chi connectivity index (χ4n) is 1.74. The minimum Gasteiger partial charge on any atom is -0.377 e. The fourth-order valence-corrected chi connectivity index (χ4v) is 1.74. The summed E-state index contributed by atoms with van der Waals surface area (Å²) >= 11 is 0. The van der Waals surface area contributed by atoms with Crippen LogP contribution in [-0.2, 0) is 4.74 Å². The molecule has 2 fully saturated rings. The Morgan fingerprint density at radius 3 is 3.11 bits per heavy atom. The number of nitrogens with one attached hydrogen (secondary N) is 1. The van der Waals surface area contributed by atoms with Crippen molar-refractivity contribution >= 4 is 0 Å². The van der Waals surface area contributed by atoms with E-state index in [4.69, 9.17) is 4.74 Å². The Morgan fingerprint density at radius 2 is 2.33 bits per heavy atom. The lowest BCUT2D eigenvalue weighted by atomic mass is 9.92. The molecule has 2 aliphatic heterocycles. The standard InChI is InChI=1S/C7H13NO/c1-2-9-7-3-6(1)4-8-5-7/h6-8H,1-5H2/t6-,7+/m0/s1. The highest BCUT2D eigenvalue weighted by Gasteiger charge is 2.25. The Labute approximate surface area is 55.6 Å². The zero-order chi connectivity index (χ0) is 6.10. The third-order valence-electron chi connectivity index (χ3n) is 2.28. The maximum Gasteiger partial charge on any atom is 0.0702 e. The topological polar surface area (TPSA) is 21.3 Å². The van der Waals surface area contributed by atoms with Crippen molar-refractivity contribution in [3.05, 3.63) is 0 Å². The van der Waals surface area contributed by atoms with E-state index in [1.807, 2.05) is 0 Å². The Morgan fingerprint density at radius 1 is 1.33 bits per heavy atom. The SMILES string of the molecule is C1C[C@@H]2CNC[C@@H](C2)O1. The Hall–Kier alpha value is -0.0800. The van der Waals surface area contributed by atoms with Crippen LogP contribution < -0.4 is 5.32 Å². The molecule has 2 atom stereocenters. The minimum atomic E-state index is 0.539. The van der Waals surface area contributed by atoms with Gasteiger partial charge in [0, 0.05) is 13.2 Å². The fraction of sp³-hybridized carbons (Fsp3) is 1.00. The summed E-state index contributed by atoms with van der Waals surface area (Å²) in [4.78, 5) is 0. The van der Waals surface area contributed by atoms with Crippen molar-refractivity contribution in [2.45, 2.75) is 18.9 Å². The second-order valence-electron chi connectivity index (χ2n) is 3.04. The first-order chi connectivity index (χ1) is 4.45. The van der Waals surface area contributed by atoms with Crippen LogP contribution >= 0.6 is 0 Å². The highest BCUT2D eigenvalue weighted by molar-refractivity contribution is 4.79. The van der Waals surface area contributed by atoms with Gasteiger partial charge >= 0.3 is 0 Å². The molecule has 1 N–H and O–H groups in total. The number of fused-ring (bicyclic) bond motifs is 2. The largest absolute Gasteiger partial charge is 0.377 e. The van der Waals surface area contributed by atoms with Gasteiger partial charge in [0.25, 0.3) is 0 Å². The van der Waals surface area contributed by atoms with E-state index in [0.29, 0.717) is 6.10 Å². The molecular weight excluding hydrogens is 114 g/mol.